The number of rotatable bonds is 11. The van der Waals surface area contributed by atoms with Gasteiger partial charge in [-0.2, -0.15) is 5.09 Å². The Morgan fingerprint density at radius 1 is 1.12 bits per heavy atom. The third kappa shape index (κ3) is 7.83. The summed E-state index contributed by atoms with van der Waals surface area (Å²) in [5, 5.41) is 2.59. The maximum absolute atomic E-state index is 15.5. The van der Waals surface area contributed by atoms with E-state index in [1.54, 1.807) is 38.1 Å². The van der Waals surface area contributed by atoms with Gasteiger partial charge in [0.05, 0.1) is 18.8 Å². The molecule has 226 valence electrons. The van der Waals surface area contributed by atoms with E-state index in [2.05, 4.69) is 10.1 Å². The number of benzene rings is 2. The lowest BCUT2D eigenvalue weighted by Gasteiger charge is -2.24. The van der Waals surface area contributed by atoms with Gasteiger partial charge in [0.15, 0.2) is 11.9 Å². The van der Waals surface area contributed by atoms with Crippen molar-refractivity contribution in [2.45, 2.75) is 71.2 Å². The van der Waals surface area contributed by atoms with Crippen molar-refractivity contribution >= 4 is 13.7 Å². The maximum Gasteiger partial charge on any atom is 0.459 e. The van der Waals surface area contributed by atoms with Crippen LogP contribution < -0.4 is 20.9 Å². The topological polar surface area (TPSA) is 138 Å². The van der Waals surface area contributed by atoms with Crippen molar-refractivity contribution in [2.24, 2.45) is 0 Å². The van der Waals surface area contributed by atoms with Crippen molar-refractivity contribution in [2.75, 3.05) is 6.61 Å². The van der Waals surface area contributed by atoms with Gasteiger partial charge in [-0.3, -0.25) is 23.7 Å². The quantitative estimate of drug-likeness (QED) is 0.237. The highest BCUT2D eigenvalue weighted by atomic mass is 31.2. The molecule has 11 nitrogen and oxygen atoms in total. The molecule has 1 fully saturated rings. The van der Waals surface area contributed by atoms with Crippen LogP contribution in [0.25, 0.3) is 11.1 Å². The number of hydrogen-bond acceptors (Lipinski definition) is 8. The van der Waals surface area contributed by atoms with Crippen LogP contribution >= 0.6 is 7.75 Å². The third-order valence-corrected chi connectivity index (χ3v) is 8.16. The average molecular weight is 604 g/mol. The minimum atomic E-state index is -4.26. The molecule has 0 saturated carbocycles. The van der Waals surface area contributed by atoms with E-state index >= 15 is 4.39 Å². The normalized spacial score (nSPS) is 22.5. The number of carbonyl (C=O) groups is 1. The molecule has 4 rings (SSSR count). The summed E-state index contributed by atoms with van der Waals surface area (Å²) in [6.07, 6.45) is -1.77. The summed E-state index contributed by atoms with van der Waals surface area (Å²) in [6, 6.07) is 14.8. The maximum atomic E-state index is 15.5. The molecule has 0 radical (unpaired) electrons. The van der Waals surface area contributed by atoms with E-state index in [1.165, 1.54) is 13.8 Å². The summed E-state index contributed by atoms with van der Waals surface area (Å²) >= 11 is 0. The summed E-state index contributed by atoms with van der Waals surface area (Å²) in [6.45, 7) is 7.67. The van der Waals surface area contributed by atoms with E-state index in [0.29, 0.717) is 0 Å². The Labute approximate surface area is 242 Å². The fourth-order valence-electron chi connectivity index (χ4n) is 4.47. The predicted molar refractivity (Wildman–Crippen MR) is 154 cm³/mol. The lowest BCUT2D eigenvalue weighted by molar-refractivity contribution is -0.149. The van der Waals surface area contributed by atoms with Gasteiger partial charge in [0, 0.05) is 18.7 Å². The van der Waals surface area contributed by atoms with Crippen LogP contribution in [0.4, 0.5) is 4.39 Å². The van der Waals surface area contributed by atoms with Crippen molar-refractivity contribution < 1.29 is 32.3 Å². The third-order valence-electron chi connectivity index (χ3n) is 6.52. The van der Waals surface area contributed by atoms with Gasteiger partial charge in [0.25, 0.3) is 5.56 Å². The van der Waals surface area contributed by atoms with Crippen molar-refractivity contribution in [1.82, 2.24) is 14.6 Å². The zero-order valence-corrected chi connectivity index (χ0v) is 24.9. The van der Waals surface area contributed by atoms with Crippen LogP contribution in [0.15, 0.2) is 70.4 Å². The van der Waals surface area contributed by atoms with Gasteiger partial charge < -0.3 is 14.0 Å². The van der Waals surface area contributed by atoms with E-state index in [-0.39, 0.29) is 12.2 Å². The minimum Gasteiger partial charge on any atom is -0.462 e. The first-order chi connectivity index (χ1) is 19.7. The summed E-state index contributed by atoms with van der Waals surface area (Å²) in [5.74, 6) is -0.468. The Kier molecular flexibility index (Phi) is 9.52. The molecule has 2 heterocycles. The molecule has 13 heteroatoms. The van der Waals surface area contributed by atoms with Crippen LogP contribution in [0.3, 0.4) is 0 Å². The lowest BCUT2D eigenvalue weighted by Crippen LogP contribution is -2.38. The predicted octanol–water partition coefficient (Wildman–Crippen LogP) is 4.66. The molecular formula is C29H35FN3O8P. The van der Waals surface area contributed by atoms with E-state index < -0.39 is 61.7 Å². The Morgan fingerprint density at radius 2 is 1.74 bits per heavy atom. The average Bonchev–Trinajstić information content (AvgIpc) is 3.22. The summed E-state index contributed by atoms with van der Waals surface area (Å²) < 4.78 is 52.8. The second-order valence-electron chi connectivity index (χ2n) is 10.7. The number of carbonyl (C=O) groups excluding carboxylic acids is 1. The zero-order chi connectivity index (χ0) is 30.7. The van der Waals surface area contributed by atoms with Gasteiger partial charge in [-0.15, -0.1) is 0 Å². The number of aromatic nitrogens is 2. The Bertz CT molecular complexity index is 1550. The number of nitrogens with zero attached hydrogens (tertiary/aromatic N) is 1. The number of aryl methyl sites for hydroxylation is 1. The molecule has 2 N–H and O–H groups in total. The molecule has 0 amide bonds. The Balaban J connectivity index is 1.51. The van der Waals surface area contributed by atoms with Crippen LogP contribution in [-0.2, 0) is 23.4 Å². The number of esters is 1. The van der Waals surface area contributed by atoms with Crippen molar-refractivity contribution in [3.63, 3.8) is 0 Å². The number of hydrogen-bond donors (Lipinski definition) is 2. The second kappa shape index (κ2) is 12.7. The molecule has 0 bridgehead atoms. The van der Waals surface area contributed by atoms with Crippen molar-refractivity contribution in [3.8, 4) is 16.9 Å². The number of ether oxygens (including phenoxy) is 2. The monoisotopic (exact) mass is 603 g/mol. The number of H-pyrrole nitrogens is 1. The molecule has 1 aromatic heterocycles. The summed E-state index contributed by atoms with van der Waals surface area (Å²) in [7, 11) is -4.26. The fraction of sp³-hybridized carbons (Fsp3) is 0.414. The molecule has 1 unspecified atom stereocenters. The lowest BCUT2D eigenvalue weighted by atomic mass is 10.0. The Morgan fingerprint density at radius 3 is 2.33 bits per heavy atom. The molecule has 42 heavy (non-hydrogen) atoms. The molecule has 1 aliphatic rings. The van der Waals surface area contributed by atoms with Crippen LogP contribution in [0.1, 0.15) is 45.9 Å². The minimum absolute atomic E-state index is 0.200. The molecule has 5 atom stereocenters. The van der Waals surface area contributed by atoms with Crippen molar-refractivity contribution in [3.05, 3.63) is 87.2 Å². The van der Waals surface area contributed by atoms with Gasteiger partial charge in [0.1, 0.15) is 11.8 Å². The van der Waals surface area contributed by atoms with E-state index in [0.717, 1.165) is 33.5 Å². The molecule has 1 saturated heterocycles. The SMILES string of the molecule is Cc1ccc(-c2ccc(OP(=O)(N[C@@H](C)C(=O)OC(C)C)OC[C@@H]3C[C@@](C)(F)[C@H](n4ccc(=O)[nH]c4=O)O3)cc2)cc1. The number of halogens is 1. The first-order valence-corrected chi connectivity index (χ1v) is 15.0. The zero-order valence-electron chi connectivity index (χ0n) is 24.0. The standard InChI is InChI=1S/C29H35FN3O8P/c1-18(2)39-26(35)20(4)32-42(37,41-23-12-10-22(11-13-23)21-8-6-19(3)7-9-21)38-17-24-16-29(5,30)27(40-24)33-15-14-25(34)31-28(33)36/h6-15,18,20,24,27H,16-17H2,1-5H3,(H,32,37)(H,31,34,36)/t20-,24-,27+,29+,42?/m0/s1. The molecule has 0 spiro atoms. The van der Waals surface area contributed by atoms with Gasteiger partial charge in [-0.1, -0.05) is 42.0 Å². The van der Waals surface area contributed by atoms with E-state index in [4.69, 9.17) is 18.5 Å². The van der Waals surface area contributed by atoms with Crippen LogP contribution in [-0.4, -0.2) is 46.0 Å². The van der Waals surface area contributed by atoms with E-state index in [1.807, 2.05) is 31.2 Å². The summed E-state index contributed by atoms with van der Waals surface area (Å²) in [4.78, 5) is 38.2. The molecular weight excluding hydrogens is 568 g/mol. The van der Waals surface area contributed by atoms with E-state index in [9.17, 15) is 18.9 Å². The van der Waals surface area contributed by atoms with Gasteiger partial charge in [0.2, 0.25) is 0 Å². The van der Waals surface area contributed by atoms with Gasteiger partial charge in [-0.05, 0) is 57.9 Å². The largest absolute Gasteiger partial charge is 0.462 e. The summed E-state index contributed by atoms with van der Waals surface area (Å²) in [5.41, 5.74) is -0.460. The van der Waals surface area contributed by atoms with Crippen LogP contribution in [0.5, 0.6) is 5.75 Å². The first kappa shape index (κ1) is 31.4. The first-order valence-electron chi connectivity index (χ1n) is 13.5. The smallest absolute Gasteiger partial charge is 0.459 e. The number of aromatic amines is 1. The highest BCUT2D eigenvalue weighted by Gasteiger charge is 2.48. The fourth-order valence-corrected chi connectivity index (χ4v) is 5.99. The highest BCUT2D eigenvalue weighted by molar-refractivity contribution is 7.52. The molecule has 1 aliphatic heterocycles. The molecule has 0 aliphatic carbocycles. The van der Waals surface area contributed by atoms with Crippen LogP contribution in [0.2, 0.25) is 0 Å². The Hall–Kier alpha value is -3.57. The van der Waals surface area contributed by atoms with Gasteiger partial charge in [-0.25, -0.2) is 13.8 Å². The van der Waals surface area contributed by atoms with Crippen LogP contribution in [0, 0.1) is 6.92 Å². The molecule has 3 aromatic rings. The van der Waals surface area contributed by atoms with Gasteiger partial charge >= 0.3 is 19.4 Å². The van der Waals surface area contributed by atoms with Crippen molar-refractivity contribution in [1.29, 1.82) is 0 Å². The second-order valence-corrected chi connectivity index (χ2v) is 12.4. The molecule has 2 aromatic carbocycles. The number of nitrogens with one attached hydrogen (secondary N) is 2. The highest BCUT2D eigenvalue weighted by Crippen LogP contribution is 2.47. The number of alkyl halides is 1.